The molecule has 1 aliphatic heterocycles. The van der Waals surface area contributed by atoms with E-state index in [2.05, 4.69) is 5.32 Å². The first kappa shape index (κ1) is 23.2. The van der Waals surface area contributed by atoms with Gasteiger partial charge in [0.2, 0.25) is 5.91 Å². The Bertz CT molecular complexity index is 961. The lowest BCUT2D eigenvalue weighted by atomic mass is 9.94. The van der Waals surface area contributed by atoms with Gasteiger partial charge in [0.25, 0.3) is 5.91 Å². The second-order valence-electron chi connectivity index (χ2n) is 8.18. The summed E-state index contributed by atoms with van der Waals surface area (Å²) in [5.74, 6) is -2.65. The third-order valence-electron chi connectivity index (χ3n) is 5.76. The van der Waals surface area contributed by atoms with Gasteiger partial charge in [-0.3, -0.25) is 14.4 Å². The van der Waals surface area contributed by atoms with Gasteiger partial charge in [-0.1, -0.05) is 55.5 Å². The van der Waals surface area contributed by atoms with Crippen LogP contribution < -0.4 is 5.32 Å². The average Bonchev–Trinajstić information content (AvgIpc) is 3.29. The van der Waals surface area contributed by atoms with Gasteiger partial charge < -0.3 is 15.3 Å². The second kappa shape index (κ2) is 10.7. The molecule has 32 heavy (non-hydrogen) atoms. The second-order valence-corrected chi connectivity index (χ2v) is 8.18. The van der Waals surface area contributed by atoms with Gasteiger partial charge in [-0.2, -0.15) is 0 Å². The smallest absolute Gasteiger partial charge is 0.326 e. The van der Waals surface area contributed by atoms with E-state index >= 15 is 0 Å². The number of nitrogens with zero attached hydrogens (tertiary/aromatic N) is 1. The Labute approximate surface area is 187 Å². The molecule has 0 bridgehead atoms. The van der Waals surface area contributed by atoms with Crippen LogP contribution in [0.5, 0.6) is 0 Å². The maximum Gasteiger partial charge on any atom is 0.326 e. The van der Waals surface area contributed by atoms with Crippen LogP contribution in [0.25, 0.3) is 0 Å². The molecule has 1 heterocycles. The lowest BCUT2D eigenvalue weighted by Gasteiger charge is -2.26. The quantitative estimate of drug-likeness (QED) is 0.629. The van der Waals surface area contributed by atoms with Crippen LogP contribution in [0.15, 0.2) is 60.7 Å². The molecule has 2 amide bonds. The predicted octanol–water partition coefficient (Wildman–Crippen LogP) is 2.70. The summed E-state index contributed by atoms with van der Waals surface area (Å²) in [5.41, 5.74) is 1.34. The molecule has 0 aliphatic carbocycles. The molecule has 0 aromatic heterocycles. The standard InChI is InChI=1S/C25H28N2O5/c1-17(24(30)27-14-8-13-21(27)25(31)32)15-22(28)20(16-18-9-4-2-5-10-18)26-23(29)19-11-6-3-7-12-19/h2-7,9-12,17,20-21H,8,13-16H2,1H3,(H,26,29)(H,31,32)/t17-,20+,21-/m0/s1. The van der Waals surface area contributed by atoms with Crippen LogP contribution in [0, 0.1) is 5.92 Å². The number of carboxylic acids is 1. The first-order chi connectivity index (χ1) is 15.4. The normalized spacial score (nSPS) is 17.4. The molecule has 1 saturated heterocycles. The highest BCUT2D eigenvalue weighted by molar-refractivity contribution is 5.99. The average molecular weight is 437 g/mol. The van der Waals surface area contributed by atoms with Crippen molar-refractivity contribution < 1.29 is 24.3 Å². The number of nitrogens with one attached hydrogen (secondary N) is 1. The number of aliphatic carboxylic acids is 1. The van der Waals surface area contributed by atoms with E-state index in [1.165, 1.54) is 4.90 Å². The van der Waals surface area contributed by atoms with Gasteiger partial charge in [-0.25, -0.2) is 4.79 Å². The predicted molar refractivity (Wildman–Crippen MR) is 119 cm³/mol. The summed E-state index contributed by atoms with van der Waals surface area (Å²) in [6, 6.07) is 16.4. The Morgan fingerprint density at radius 3 is 2.28 bits per heavy atom. The Morgan fingerprint density at radius 2 is 1.66 bits per heavy atom. The lowest BCUT2D eigenvalue weighted by Crippen LogP contribution is -2.46. The van der Waals surface area contributed by atoms with E-state index in [0.29, 0.717) is 31.4 Å². The van der Waals surface area contributed by atoms with Crippen molar-refractivity contribution in [2.75, 3.05) is 6.54 Å². The number of carbonyl (C=O) groups is 4. The van der Waals surface area contributed by atoms with Crippen molar-refractivity contribution in [3.8, 4) is 0 Å². The highest BCUT2D eigenvalue weighted by atomic mass is 16.4. The van der Waals surface area contributed by atoms with Crippen molar-refractivity contribution in [3.05, 3.63) is 71.8 Å². The number of rotatable bonds is 9. The van der Waals surface area contributed by atoms with Gasteiger partial charge >= 0.3 is 5.97 Å². The summed E-state index contributed by atoms with van der Waals surface area (Å²) >= 11 is 0. The molecule has 168 valence electrons. The van der Waals surface area contributed by atoms with Crippen molar-refractivity contribution in [1.82, 2.24) is 10.2 Å². The van der Waals surface area contributed by atoms with E-state index < -0.39 is 24.0 Å². The third-order valence-corrected chi connectivity index (χ3v) is 5.76. The molecule has 2 N–H and O–H groups in total. The fraction of sp³-hybridized carbons (Fsp3) is 0.360. The van der Waals surface area contributed by atoms with Gasteiger partial charge in [0.05, 0.1) is 6.04 Å². The maximum atomic E-state index is 13.2. The highest BCUT2D eigenvalue weighted by Crippen LogP contribution is 2.22. The van der Waals surface area contributed by atoms with E-state index in [4.69, 9.17) is 0 Å². The summed E-state index contributed by atoms with van der Waals surface area (Å²) in [4.78, 5) is 51.5. The molecule has 0 unspecified atom stereocenters. The molecule has 0 radical (unpaired) electrons. The van der Waals surface area contributed by atoms with Crippen LogP contribution >= 0.6 is 0 Å². The van der Waals surface area contributed by atoms with Crippen LogP contribution in [-0.2, 0) is 20.8 Å². The first-order valence-corrected chi connectivity index (χ1v) is 10.8. The van der Waals surface area contributed by atoms with Gasteiger partial charge in [0.1, 0.15) is 6.04 Å². The fourth-order valence-electron chi connectivity index (χ4n) is 4.03. The molecule has 1 aliphatic rings. The maximum absolute atomic E-state index is 13.2. The monoisotopic (exact) mass is 436 g/mol. The third kappa shape index (κ3) is 5.81. The van der Waals surface area contributed by atoms with Crippen LogP contribution in [0.1, 0.15) is 42.1 Å². The minimum atomic E-state index is -1.02. The Morgan fingerprint density at radius 1 is 1.03 bits per heavy atom. The Kier molecular flexibility index (Phi) is 7.76. The highest BCUT2D eigenvalue weighted by Gasteiger charge is 2.37. The number of amides is 2. The van der Waals surface area contributed by atoms with Crippen molar-refractivity contribution in [2.45, 2.75) is 44.7 Å². The Balaban J connectivity index is 1.71. The summed E-state index contributed by atoms with van der Waals surface area (Å²) in [5, 5.41) is 12.2. The van der Waals surface area contributed by atoms with Crippen molar-refractivity contribution in [3.63, 3.8) is 0 Å². The molecule has 3 atom stereocenters. The zero-order chi connectivity index (χ0) is 23.1. The molecular weight excluding hydrogens is 408 g/mol. The molecule has 0 spiro atoms. The number of ketones is 1. The largest absolute Gasteiger partial charge is 0.480 e. The number of hydrogen-bond acceptors (Lipinski definition) is 4. The number of carbonyl (C=O) groups excluding carboxylic acids is 3. The molecule has 7 heteroatoms. The van der Waals surface area contributed by atoms with Crippen molar-refractivity contribution in [2.24, 2.45) is 5.92 Å². The van der Waals surface area contributed by atoms with Crippen molar-refractivity contribution >= 4 is 23.6 Å². The van der Waals surface area contributed by atoms with Crippen LogP contribution in [0.4, 0.5) is 0 Å². The van der Waals surface area contributed by atoms with Crippen LogP contribution in [0.2, 0.25) is 0 Å². The minimum Gasteiger partial charge on any atom is -0.480 e. The van der Waals surface area contributed by atoms with E-state index in [-0.39, 0.29) is 24.0 Å². The number of benzene rings is 2. The Hall–Kier alpha value is -3.48. The fourth-order valence-corrected chi connectivity index (χ4v) is 4.03. The topological polar surface area (TPSA) is 104 Å². The van der Waals surface area contributed by atoms with E-state index in [1.54, 1.807) is 37.3 Å². The zero-order valence-corrected chi connectivity index (χ0v) is 18.1. The van der Waals surface area contributed by atoms with E-state index in [0.717, 1.165) is 5.56 Å². The zero-order valence-electron chi connectivity index (χ0n) is 18.1. The molecule has 2 aromatic carbocycles. The molecule has 3 rings (SSSR count). The number of hydrogen-bond donors (Lipinski definition) is 2. The van der Waals surface area contributed by atoms with Gasteiger partial charge in [-0.15, -0.1) is 0 Å². The van der Waals surface area contributed by atoms with Crippen LogP contribution in [0.3, 0.4) is 0 Å². The van der Waals surface area contributed by atoms with Crippen molar-refractivity contribution in [1.29, 1.82) is 0 Å². The lowest BCUT2D eigenvalue weighted by molar-refractivity contribution is -0.150. The molecule has 2 aromatic rings. The molecular formula is C25H28N2O5. The number of carboxylic acid groups (broad SMARTS) is 1. The SMILES string of the molecule is C[C@@H](CC(=O)[C@@H](Cc1ccccc1)NC(=O)c1ccccc1)C(=O)N1CCC[C@H]1C(=O)O. The number of Topliss-reactive ketones (excluding diaryl/α,β-unsaturated/α-hetero) is 1. The summed E-state index contributed by atoms with van der Waals surface area (Å²) in [7, 11) is 0. The molecule has 7 nitrogen and oxygen atoms in total. The minimum absolute atomic E-state index is 0.0752. The molecule has 1 fully saturated rings. The van der Waals surface area contributed by atoms with E-state index in [9.17, 15) is 24.3 Å². The summed E-state index contributed by atoms with van der Waals surface area (Å²) in [6.07, 6.45) is 1.29. The van der Waals surface area contributed by atoms with Crippen LogP contribution in [-0.4, -0.2) is 52.2 Å². The van der Waals surface area contributed by atoms with Gasteiger partial charge in [-0.05, 0) is 37.0 Å². The summed E-state index contributed by atoms with van der Waals surface area (Å²) < 4.78 is 0. The first-order valence-electron chi connectivity index (χ1n) is 10.8. The summed E-state index contributed by atoms with van der Waals surface area (Å²) in [6.45, 7) is 2.02. The molecule has 0 saturated carbocycles. The van der Waals surface area contributed by atoms with Gasteiger partial charge in [0, 0.05) is 24.4 Å². The number of likely N-dealkylation sites (tertiary alicyclic amines) is 1. The van der Waals surface area contributed by atoms with Gasteiger partial charge in [0.15, 0.2) is 5.78 Å². The van der Waals surface area contributed by atoms with E-state index in [1.807, 2.05) is 30.3 Å².